The molecular formula is C13H17N3O2S2. The molecule has 5 nitrogen and oxygen atoms in total. The zero-order valence-corrected chi connectivity index (χ0v) is 13.0. The summed E-state index contributed by atoms with van der Waals surface area (Å²) >= 11 is 2.84. The number of nitrogens with one attached hydrogen (secondary N) is 1. The number of aromatic nitrogens is 1. The van der Waals surface area contributed by atoms with E-state index in [1.807, 2.05) is 0 Å². The van der Waals surface area contributed by atoms with E-state index in [9.17, 15) is 9.59 Å². The maximum Gasteiger partial charge on any atom is 0.282 e. The second-order valence-electron chi connectivity index (χ2n) is 5.32. The van der Waals surface area contributed by atoms with Gasteiger partial charge in [0.15, 0.2) is 5.13 Å². The second kappa shape index (κ2) is 5.73. The van der Waals surface area contributed by atoms with Crippen molar-refractivity contribution in [3.8, 4) is 0 Å². The molecule has 1 aliphatic heterocycles. The number of hydrogen-bond acceptors (Lipinski definition) is 5. The van der Waals surface area contributed by atoms with E-state index in [0.29, 0.717) is 17.6 Å². The summed E-state index contributed by atoms with van der Waals surface area (Å²) in [6.45, 7) is 3.03. The molecule has 1 saturated heterocycles. The standard InChI is InChI=1S/C13H17N3O2S2/c1-8-2-3-9-10(6-8)20-12(14-9)15-11(17)7-16-4-5-19-13(16)18/h8H,2-7H2,1H3,(H,14,15,17)/t8-/m0/s1. The van der Waals surface area contributed by atoms with Crippen LogP contribution in [-0.2, 0) is 17.6 Å². The summed E-state index contributed by atoms with van der Waals surface area (Å²) in [4.78, 5) is 30.8. The molecule has 0 bridgehead atoms. The summed E-state index contributed by atoms with van der Waals surface area (Å²) in [6.07, 6.45) is 3.23. The molecule has 20 heavy (non-hydrogen) atoms. The first kappa shape index (κ1) is 13.9. The van der Waals surface area contributed by atoms with E-state index in [1.165, 1.54) is 23.1 Å². The molecule has 1 fully saturated rings. The Kier molecular flexibility index (Phi) is 3.98. The van der Waals surface area contributed by atoms with Crippen molar-refractivity contribution in [2.24, 2.45) is 5.92 Å². The topological polar surface area (TPSA) is 62.3 Å². The van der Waals surface area contributed by atoms with E-state index in [4.69, 9.17) is 0 Å². The minimum atomic E-state index is -0.153. The van der Waals surface area contributed by atoms with E-state index >= 15 is 0 Å². The Labute approximate surface area is 126 Å². The van der Waals surface area contributed by atoms with Crippen molar-refractivity contribution in [1.29, 1.82) is 0 Å². The molecule has 0 unspecified atom stereocenters. The fourth-order valence-electron chi connectivity index (χ4n) is 2.49. The molecule has 0 spiro atoms. The number of fused-ring (bicyclic) bond motifs is 1. The largest absolute Gasteiger partial charge is 0.323 e. The number of carbonyl (C=O) groups excluding carboxylic acids is 2. The number of carbonyl (C=O) groups is 2. The molecule has 0 saturated carbocycles. The average Bonchev–Trinajstić information content (AvgIpc) is 2.95. The molecule has 2 amide bonds. The SMILES string of the molecule is C[C@H]1CCc2nc(NC(=O)CN3CCSC3=O)sc2C1. The van der Waals surface area contributed by atoms with Crippen LogP contribution in [0.2, 0.25) is 0 Å². The van der Waals surface area contributed by atoms with Crippen LogP contribution < -0.4 is 5.32 Å². The number of rotatable bonds is 3. The van der Waals surface area contributed by atoms with Crippen LogP contribution in [0.5, 0.6) is 0 Å². The first-order chi connectivity index (χ1) is 9.61. The molecule has 1 aliphatic carbocycles. The first-order valence-electron chi connectivity index (χ1n) is 6.82. The number of hydrogen-bond donors (Lipinski definition) is 1. The van der Waals surface area contributed by atoms with Crippen LogP contribution in [-0.4, -0.2) is 39.9 Å². The van der Waals surface area contributed by atoms with E-state index in [2.05, 4.69) is 17.2 Å². The zero-order chi connectivity index (χ0) is 14.1. The Morgan fingerprint density at radius 2 is 2.40 bits per heavy atom. The minimum Gasteiger partial charge on any atom is -0.323 e. The van der Waals surface area contributed by atoms with Gasteiger partial charge in [-0.2, -0.15) is 0 Å². The predicted octanol–water partition coefficient (Wildman–Crippen LogP) is 2.38. The molecule has 7 heteroatoms. The van der Waals surface area contributed by atoms with Gasteiger partial charge in [0.1, 0.15) is 6.54 Å². The maximum absolute atomic E-state index is 11.9. The van der Waals surface area contributed by atoms with E-state index in [-0.39, 0.29) is 17.7 Å². The van der Waals surface area contributed by atoms with Crippen molar-refractivity contribution in [2.75, 3.05) is 24.2 Å². The highest BCUT2D eigenvalue weighted by Gasteiger charge is 2.24. The highest BCUT2D eigenvalue weighted by Crippen LogP contribution is 2.32. The second-order valence-corrected chi connectivity index (χ2v) is 7.45. The Hall–Kier alpha value is -1.08. The average molecular weight is 311 g/mol. The molecule has 0 aromatic carbocycles. The summed E-state index contributed by atoms with van der Waals surface area (Å²) in [5, 5.41) is 3.49. The smallest absolute Gasteiger partial charge is 0.282 e. The third-order valence-electron chi connectivity index (χ3n) is 3.61. The number of aryl methyl sites for hydroxylation is 1. The van der Waals surface area contributed by atoms with Gasteiger partial charge in [-0.3, -0.25) is 9.59 Å². The Morgan fingerprint density at radius 1 is 1.55 bits per heavy atom. The highest BCUT2D eigenvalue weighted by atomic mass is 32.2. The first-order valence-corrected chi connectivity index (χ1v) is 8.62. The number of amides is 2. The van der Waals surface area contributed by atoms with Crippen molar-refractivity contribution in [3.05, 3.63) is 10.6 Å². The monoisotopic (exact) mass is 311 g/mol. The molecule has 2 aliphatic rings. The van der Waals surface area contributed by atoms with Gasteiger partial charge < -0.3 is 10.2 Å². The van der Waals surface area contributed by atoms with Gasteiger partial charge in [-0.1, -0.05) is 18.7 Å². The Morgan fingerprint density at radius 3 is 3.15 bits per heavy atom. The van der Waals surface area contributed by atoms with Gasteiger partial charge in [0.05, 0.1) is 5.69 Å². The van der Waals surface area contributed by atoms with Crippen LogP contribution >= 0.6 is 23.1 Å². The maximum atomic E-state index is 11.9. The van der Waals surface area contributed by atoms with Crippen molar-refractivity contribution in [1.82, 2.24) is 9.88 Å². The lowest BCUT2D eigenvalue weighted by molar-refractivity contribution is -0.116. The van der Waals surface area contributed by atoms with E-state index in [1.54, 1.807) is 16.2 Å². The number of nitrogens with zero attached hydrogens (tertiary/aromatic N) is 2. The molecular weight excluding hydrogens is 294 g/mol. The molecule has 1 atom stereocenters. The van der Waals surface area contributed by atoms with Crippen LogP contribution in [0, 0.1) is 5.92 Å². The molecule has 0 radical (unpaired) electrons. The van der Waals surface area contributed by atoms with E-state index in [0.717, 1.165) is 24.3 Å². The summed E-state index contributed by atoms with van der Waals surface area (Å²) in [6, 6.07) is 0. The molecule has 3 rings (SSSR count). The van der Waals surface area contributed by atoms with E-state index < -0.39 is 0 Å². The molecule has 108 valence electrons. The molecule has 1 aromatic rings. The van der Waals surface area contributed by atoms with Gasteiger partial charge >= 0.3 is 0 Å². The number of thioether (sulfide) groups is 1. The van der Waals surface area contributed by atoms with Crippen molar-refractivity contribution < 1.29 is 9.59 Å². The third-order valence-corrected chi connectivity index (χ3v) is 5.54. The molecule has 2 heterocycles. The summed E-state index contributed by atoms with van der Waals surface area (Å²) in [5.74, 6) is 1.32. The Bertz CT molecular complexity index is 544. The normalized spacial score (nSPS) is 21.9. The third kappa shape index (κ3) is 2.98. The van der Waals surface area contributed by atoms with Crippen LogP contribution in [0.4, 0.5) is 9.93 Å². The van der Waals surface area contributed by atoms with Gasteiger partial charge in [-0.05, 0) is 25.2 Å². The summed E-state index contributed by atoms with van der Waals surface area (Å²) in [5.41, 5.74) is 1.14. The highest BCUT2D eigenvalue weighted by molar-refractivity contribution is 8.13. The van der Waals surface area contributed by atoms with Crippen LogP contribution in [0.25, 0.3) is 0 Å². The summed E-state index contributed by atoms with van der Waals surface area (Å²) in [7, 11) is 0. The zero-order valence-electron chi connectivity index (χ0n) is 11.3. The molecule has 1 N–H and O–H groups in total. The Balaban J connectivity index is 1.60. The fraction of sp³-hybridized carbons (Fsp3) is 0.615. The van der Waals surface area contributed by atoms with Crippen molar-refractivity contribution in [3.63, 3.8) is 0 Å². The van der Waals surface area contributed by atoms with Crippen molar-refractivity contribution >= 4 is 39.4 Å². The lowest BCUT2D eigenvalue weighted by atomic mass is 9.93. The van der Waals surface area contributed by atoms with Crippen molar-refractivity contribution in [2.45, 2.75) is 26.2 Å². The number of thiazole rings is 1. The lowest BCUT2D eigenvalue weighted by Gasteiger charge is -2.15. The number of anilines is 1. The van der Waals surface area contributed by atoms with Crippen LogP contribution in [0.1, 0.15) is 23.9 Å². The van der Waals surface area contributed by atoms with Crippen LogP contribution in [0.15, 0.2) is 0 Å². The predicted molar refractivity (Wildman–Crippen MR) is 81.4 cm³/mol. The molecule has 1 aromatic heterocycles. The van der Waals surface area contributed by atoms with Gasteiger partial charge in [0.2, 0.25) is 5.91 Å². The van der Waals surface area contributed by atoms with Gasteiger partial charge in [-0.25, -0.2) is 4.98 Å². The quantitative estimate of drug-likeness (QED) is 0.931. The van der Waals surface area contributed by atoms with Crippen LogP contribution in [0.3, 0.4) is 0 Å². The lowest BCUT2D eigenvalue weighted by Crippen LogP contribution is -2.33. The van der Waals surface area contributed by atoms with Gasteiger partial charge in [-0.15, -0.1) is 11.3 Å². The van der Waals surface area contributed by atoms with Gasteiger partial charge in [0, 0.05) is 17.2 Å². The minimum absolute atomic E-state index is 0.00703. The fourth-order valence-corrected chi connectivity index (χ4v) is 4.51. The summed E-state index contributed by atoms with van der Waals surface area (Å²) < 4.78 is 0. The van der Waals surface area contributed by atoms with Gasteiger partial charge in [0.25, 0.3) is 5.24 Å².